The Morgan fingerprint density at radius 1 is 1.38 bits per heavy atom. The Morgan fingerprint density at radius 2 is 1.85 bits per heavy atom. The van der Waals surface area contributed by atoms with E-state index in [4.69, 9.17) is 0 Å². The van der Waals surface area contributed by atoms with Crippen molar-refractivity contribution >= 4 is 13.6 Å². The molecule has 0 rings (SSSR count). The topological polar surface area (TPSA) is 46.5 Å². The van der Waals surface area contributed by atoms with Crippen LogP contribution in [0.2, 0.25) is 6.32 Å². The zero-order valence-electron chi connectivity index (χ0n) is 9.18. The second kappa shape index (κ2) is 4.03. The minimum Gasteiger partial charge on any atom is -0.297 e. The first-order chi connectivity index (χ1) is 5.77. The smallest absolute Gasteiger partial charge is 0.160 e. The Morgan fingerprint density at radius 3 is 2.08 bits per heavy atom. The predicted molar refractivity (Wildman–Crippen MR) is 56.6 cm³/mol. The minimum absolute atomic E-state index is 0.00562. The Kier molecular flexibility index (Phi) is 3.82. The molecule has 3 nitrogen and oxygen atoms in total. The largest absolute Gasteiger partial charge is 0.297 e. The summed E-state index contributed by atoms with van der Waals surface area (Å²) >= 11 is 0. The second-order valence-electron chi connectivity index (χ2n) is 4.62. The van der Waals surface area contributed by atoms with E-state index in [0.717, 1.165) is 6.32 Å². The molecule has 1 unspecified atom stereocenters. The van der Waals surface area contributed by atoms with E-state index in [1.807, 2.05) is 21.7 Å². The van der Waals surface area contributed by atoms with Crippen LogP contribution in [0.15, 0.2) is 5.18 Å². The van der Waals surface area contributed by atoms with Gasteiger partial charge < -0.3 is 0 Å². The van der Waals surface area contributed by atoms with Gasteiger partial charge in [0, 0.05) is 0 Å². The van der Waals surface area contributed by atoms with Crippen LogP contribution in [-0.4, -0.2) is 19.2 Å². The molecule has 0 fully saturated rings. The van der Waals surface area contributed by atoms with Gasteiger partial charge in [0.1, 0.15) is 7.85 Å². The lowest BCUT2D eigenvalue weighted by atomic mass is 9.71. The molecule has 1 atom stereocenters. The minimum atomic E-state index is -1.04. The number of Topliss-reactive ketones (excluding diaryl/α,β-unsaturated/α-hetero) is 1. The molecule has 13 heavy (non-hydrogen) atoms. The van der Waals surface area contributed by atoms with Gasteiger partial charge in [0.2, 0.25) is 0 Å². The molecule has 0 aromatic heterocycles. The van der Waals surface area contributed by atoms with Gasteiger partial charge in [-0.1, -0.05) is 25.3 Å². The summed E-state index contributed by atoms with van der Waals surface area (Å²) < 4.78 is 0. The monoisotopic (exact) mass is 183 g/mol. The van der Waals surface area contributed by atoms with Gasteiger partial charge >= 0.3 is 0 Å². The SMILES string of the molecule is BCC(C)(C)CC(C)(N=O)C(C)=O. The second-order valence-corrected chi connectivity index (χ2v) is 4.62. The number of ketones is 1. The van der Waals surface area contributed by atoms with Crippen molar-refractivity contribution < 1.29 is 4.79 Å². The van der Waals surface area contributed by atoms with Crippen molar-refractivity contribution in [3.63, 3.8) is 0 Å². The Labute approximate surface area is 80.7 Å². The normalized spacial score (nSPS) is 16.3. The fraction of sp³-hybridized carbons (Fsp3) is 0.889. The van der Waals surface area contributed by atoms with Crippen LogP contribution in [0.5, 0.6) is 0 Å². The Hall–Kier alpha value is -0.665. The van der Waals surface area contributed by atoms with Crippen molar-refractivity contribution in [1.29, 1.82) is 0 Å². The summed E-state index contributed by atoms with van der Waals surface area (Å²) in [6.45, 7) is 7.12. The maximum atomic E-state index is 11.2. The van der Waals surface area contributed by atoms with E-state index >= 15 is 0 Å². The molecule has 74 valence electrons. The fourth-order valence-corrected chi connectivity index (χ4v) is 1.28. The number of hydrogen-bond donors (Lipinski definition) is 0. The molecular weight excluding hydrogens is 165 g/mol. The molecule has 0 aliphatic carbocycles. The average Bonchev–Trinajstić information content (AvgIpc) is 2.03. The van der Waals surface area contributed by atoms with Crippen molar-refractivity contribution in [2.75, 3.05) is 0 Å². The molecule has 0 heterocycles. The van der Waals surface area contributed by atoms with E-state index in [2.05, 4.69) is 5.18 Å². The third kappa shape index (κ3) is 3.29. The van der Waals surface area contributed by atoms with Gasteiger partial charge in [-0.3, -0.25) is 4.79 Å². The van der Waals surface area contributed by atoms with E-state index in [9.17, 15) is 9.70 Å². The van der Waals surface area contributed by atoms with Gasteiger partial charge in [-0.25, -0.2) is 0 Å². The maximum Gasteiger partial charge on any atom is 0.160 e. The van der Waals surface area contributed by atoms with Crippen LogP contribution in [-0.2, 0) is 4.79 Å². The first-order valence-corrected chi connectivity index (χ1v) is 4.63. The summed E-state index contributed by atoms with van der Waals surface area (Å²) in [4.78, 5) is 21.8. The van der Waals surface area contributed by atoms with Gasteiger partial charge in [-0.2, -0.15) is 0 Å². The quantitative estimate of drug-likeness (QED) is 0.479. The molecule has 4 heteroatoms. The van der Waals surface area contributed by atoms with E-state index in [1.54, 1.807) is 6.92 Å². The fourth-order valence-electron chi connectivity index (χ4n) is 1.28. The number of carbonyl (C=O) groups is 1. The lowest BCUT2D eigenvalue weighted by molar-refractivity contribution is -0.122. The Bertz CT molecular complexity index is 216. The molecule has 0 amide bonds. The molecule has 0 aliphatic rings. The summed E-state index contributed by atoms with van der Waals surface area (Å²) in [5.41, 5.74) is -1.05. The van der Waals surface area contributed by atoms with E-state index in [0.29, 0.717) is 6.42 Å². The van der Waals surface area contributed by atoms with E-state index in [-0.39, 0.29) is 11.2 Å². The van der Waals surface area contributed by atoms with Crippen molar-refractivity contribution in [2.24, 2.45) is 10.6 Å². The van der Waals surface area contributed by atoms with Crippen LogP contribution in [0.3, 0.4) is 0 Å². The average molecular weight is 183 g/mol. The summed E-state index contributed by atoms with van der Waals surface area (Å²) in [5, 5.41) is 2.95. The number of carbonyl (C=O) groups excluding carboxylic acids is 1. The summed E-state index contributed by atoms with van der Waals surface area (Å²) in [6.07, 6.45) is 1.46. The maximum absolute atomic E-state index is 11.2. The summed E-state index contributed by atoms with van der Waals surface area (Å²) in [5.74, 6) is -0.149. The lowest BCUT2D eigenvalue weighted by Crippen LogP contribution is -2.36. The zero-order valence-corrected chi connectivity index (χ0v) is 9.18. The molecule has 0 N–H and O–H groups in total. The number of nitroso groups, excluding NO2 is 1. The highest BCUT2D eigenvalue weighted by molar-refractivity contribution is 6.09. The number of rotatable bonds is 5. The van der Waals surface area contributed by atoms with Gasteiger partial charge in [-0.05, 0) is 25.7 Å². The molecule has 0 saturated carbocycles. The summed E-state index contributed by atoms with van der Waals surface area (Å²) in [6, 6.07) is 0. The van der Waals surface area contributed by atoms with Crippen LogP contribution in [0, 0.1) is 10.3 Å². The van der Waals surface area contributed by atoms with Gasteiger partial charge in [0.25, 0.3) is 0 Å². The molecular formula is C9H18BNO2. The van der Waals surface area contributed by atoms with Crippen LogP contribution >= 0.6 is 0 Å². The highest BCUT2D eigenvalue weighted by Crippen LogP contribution is 2.33. The van der Waals surface area contributed by atoms with Crippen molar-refractivity contribution in [3.05, 3.63) is 4.91 Å². The van der Waals surface area contributed by atoms with Gasteiger partial charge in [-0.15, -0.1) is 4.91 Å². The molecule has 0 aliphatic heterocycles. The standard InChI is InChI=1S/C9H18BNO2/c1-7(12)9(4,11-13)5-8(2,3)6-10/h5-6,10H2,1-4H3. The van der Waals surface area contributed by atoms with Crippen molar-refractivity contribution in [3.8, 4) is 0 Å². The van der Waals surface area contributed by atoms with E-state index in [1.165, 1.54) is 6.92 Å². The van der Waals surface area contributed by atoms with Crippen LogP contribution in [0.1, 0.15) is 34.1 Å². The molecule has 0 aromatic rings. The molecule has 0 aromatic carbocycles. The van der Waals surface area contributed by atoms with Gasteiger partial charge in [0.05, 0.1) is 0 Å². The van der Waals surface area contributed by atoms with Crippen LogP contribution in [0.4, 0.5) is 0 Å². The van der Waals surface area contributed by atoms with Gasteiger partial charge in [0.15, 0.2) is 11.3 Å². The third-order valence-electron chi connectivity index (χ3n) is 2.74. The third-order valence-corrected chi connectivity index (χ3v) is 2.74. The Balaban J connectivity index is 4.63. The molecule has 0 saturated heterocycles. The van der Waals surface area contributed by atoms with E-state index < -0.39 is 5.54 Å². The van der Waals surface area contributed by atoms with Crippen molar-refractivity contribution in [1.82, 2.24) is 0 Å². The van der Waals surface area contributed by atoms with Crippen LogP contribution in [0.25, 0.3) is 0 Å². The molecule has 0 radical (unpaired) electrons. The highest BCUT2D eigenvalue weighted by Gasteiger charge is 2.36. The number of hydrogen-bond acceptors (Lipinski definition) is 3. The zero-order chi connectivity index (χ0) is 10.7. The number of nitrogens with zero attached hydrogens (tertiary/aromatic N) is 1. The summed E-state index contributed by atoms with van der Waals surface area (Å²) in [7, 11) is 2.05. The highest BCUT2D eigenvalue weighted by atomic mass is 16.3. The molecule has 0 bridgehead atoms. The first-order valence-electron chi connectivity index (χ1n) is 4.63. The van der Waals surface area contributed by atoms with Crippen LogP contribution < -0.4 is 0 Å². The predicted octanol–water partition coefficient (Wildman–Crippen LogP) is 1.57. The lowest BCUT2D eigenvalue weighted by Gasteiger charge is -2.30. The van der Waals surface area contributed by atoms with Crippen molar-refractivity contribution in [2.45, 2.75) is 46.0 Å². The first kappa shape index (κ1) is 12.3. The molecule has 0 spiro atoms.